The number of hydrogen-bond acceptors (Lipinski definition) is 5. The van der Waals surface area contributed by atoms with Gasteiger partial charge in [0, 0.05) is 42.8 Å². The molecule has 1 heterocycles. The number of fused-ring (bicyclic) bond motifs is 1. The van der Waals surface area contributed by atoms with Crippen LogP contribution in [-0.2, 0) is 4.79 Å². The number of anilines is 1. The second-order valence-corrected chi connectivity index (χ2v) is 4.65. The molecule has 7 nitrogen and oxygen atoms in total. The van der Waals surface area contributed by atoms with E-state index in [0.717, 1.165) is 5.69 Å². The molecule has 0 spiro atoms. The second kappa shape index (κ2) is 6.17. The van der Waals surface area contributed by atoms with Crippen molar-refractivity contribution in [1.82, 2.24) is 10.3 Å². The minimum Gasteiger partial charge on any atom is -0.383 e. The van der Waals surface area contributed by atoms with E-state index in [4.69, 9.17) is 0 Å². The molecule has 0 aliphatic rings. The van der Waals surface area contributed by atoms with Crippen molar-refractivity contribution in [2.75, 3.05) is 18.4 Å². The Hall–Kier alpha value is -2.70. The summed E-state index contributed by atoms with van der Waals surface area (Å²) in [5.74, 6) is -0.0943. The normalized spacial score (nSPS) is 10.4. The van der Waals surface area contributed by atoms with Gasteiger partial charge >= 0.3 is 0 Å². The van der Waals surface area contributed by atoms with Gasteiger partial charge in [-0.05, 0) is 13.0 Å². The van der Waals surface area contributed by atoms with Gasteiger partial charge < -0.3 is 10.6 Å². The lowest BCUT2D eigenvalue weighted by Crippen LogP contribution is -2.26. The molecule has 0 saturated carbocycles. The predicted octanol–water partition coefficient (Wildman–Crippen LogP) is 2.00. The number of aromatic nitrogens is 1. The molecule has 0 fully saturated rings. The van der Waals surface area contributed by atoms with Gasteiger partial charge in [0.15, 0.2) is 5.52 Å². The maximum Gasteiger partial charge on any atom is 0.295 e. The average molecular weight is 288 g/mol. The third kappa shape index (κ3) is 3.44. The summed E-state index contributed by atoms with van der Waals surface area (Å²) in [4.78, 5) is 25.7. The highest BCUT2D eigenvalue weighted by Gasteiger charge is 2.15. The Bertz CT molecular complexity index is 700. The third-order valence-corrected chi connectivity index (χ3v) is 2.96. The molecule has 1 aromatic carbocycles. The van der Waals surface area contributed by atoms with Crippen molar-refractivity contribution in [3.05, 3.63) is 40.1 Å². The van der Waals surface area contributed by atoms with Crippen molar-refractivity contribution in [3.8, 4) is 0 Å². The zero-order chi connectivity index (χ0) is 15.4. The maximum absolute atomic E-state index is 11.1. The predicted molar refractivity (Wildman–Crippen MR) is 80.3 cm³/mol. The Morgan fingerprint density at radius 3 is 2.81 bits per heavy atom. The standard InChI is InChI=1S/C14H16N4O3/c1-9-8-12(16-7-6-15-10(2)19)11-4-3-5-13(18(20)21)14(11)17-9/h3-5,8H,6-7H2,1-2H3,(H,15,19)(H,16,17). The van der Waals surface area contributed by atoms with Crippen molar-refractivity contribution in [2.45, 2.75) is 13.8 Å². The van der Waals surface area contributed by atoms with E-state index >= 15 is 0 Å². The van der Waals surface area contributed by atoms with Crippen LogP contribution >= 0.6 is 0 Å². The topological polar surface area (TPSA) is 97.2 Å². The Balaban J connectivity index is 2.33. The average Bonchev–Trinajstić information content (AvgIpc) is 2.42. The van der Waals surface area contributed by atoms with Crippen LogP contribution in [-0.4, -0.2) is 28.9 Å². The van der Waals surface area contributed by atoms with Crippen molar-refractivity contribution in [2.24, 2.45) is 0 Å². The molecule has 1 amide bonds. The first-order valence-corrected chi connectivity index (χ1v) is 6.52. The monoisotopic (exact) mass is 288 g/mol. The minimum atomic E-state index is -0.435. The highest BCUT2D eigenvalue weighted by atomic mass is 16.6. The largest absolute Gasteiger partial charge is 0.383 e. The number of nitrogens with one attached hydrogen (secondary N) is 2. The van der Waals surface area contributed by atoms with Crippen LogP contribution in [0, 0.1) is 17.0 Å². The number of carbonyl (C=O) groups excluding carboxylic acids is 1. The fourth-order valence-electron chi connectivity index (χ4n) is 2.09. The fraction of sp³-hybridized carbons (Fsp3) is 0.286. The first-order valence-electron chi connectivity index (χ1n) is 6.52. The second-order valence-electron chi connectivity index (χ2n) is 4.65. The Morgan fingerprint density at radius 2 is 2.14 bits per heavy atom. The van der Waals surface area contributed by atoms with E-state index in [1.807, 2.05) is 6.07 Å². The van der Waals surface area contributed by atoms with Gasteiger partial charge in [-0.25, -0.2) is 4.98 Å². The Morgan fingerprint density at radius 1 is 1.38 bits per heavy atom. The zero-order valence-electron chi connectivity index (χ0n) is 11.8. The highest BCUT2D eigenvalue weighted by molar-refractivity contribution is 5.96. The molecule has 0 unspecified atom stereocenters. The van der Waals surface area contributed by atoms with E-state index in [-0.39, 0.29) is 11.6 Å². The number of non-ortho nitro benzene ring substituents is 1. The smallest absolute Gasteiger partial charge is 0.295 e. The summed E-state index contributed by atoms with van der Waals surface area (Å²) < 4.78 is 0. The van der Waals surface area contributed by atoms with E-state index in [9.17, 15) is 14.9 Å². The Kier molecular flexibility index (Phi) is 4.32. The van der Waals surface area contributed by atoms with E-state index in [1.165, 1.54) is 13.0 Å². The maximum atomic E-state index is 11.1. The van der Waals surface area contributed by atoms with Crippen LogP contribution in [0.3, 0.4) is 0 Å². The zero-order valence-corrected chi connectivity index (χ0v) is 11.8. The fourth-order valence-corrected chi connectivity index (χ4v) is 2.09. The molecule has 110 valence electrons. The lowest BCUT2D eigenvalue weighted by atomic mass is 10.1. The van der Waals surface area contributed by atoms with Crippen LogP contribution < -0.4 is 10.6 Å². The van der Waals surface area contributed by atoms with Gasteiger partial charge in [0.2, 0.25) is 5.91 Å². The van der Waals surface area contributed by atoms with Crippen LogP contribution in [0.15, 0.2) is 24.3 Å². The quantitative estimate of drug-likeness (QED) is 0.498. The van der Waals surface area contributed by atoms with E-state index in [0.29, 0.717) is 29.7 Å². The Labute approximate surface area is 121 Å². The summed E-state index contributed by atoms with van der Waals surface area (Å²) in [6, 6.07) is 6.70. The van der Waals surface area contributed by atoms with Crippen molar-refractivity contribution < 1.29 is 9.72 Å². The number of nitrogens with zero attached hydrogens (tertiary/aromatic N) is 2. The van der Waals surface area contributed by atoms with Gasteiger partial charge in [-0.2, -0.15) is 0 Å². The molecule has 2 aromatic rings. The number of pyridine rings is 1. The summed E-state index contributed by atoms with van der Waals surface area (Å²) in [6.45, 7) is 4.25. The van der Waals surface area contributed by atoms with Crippen molar-refractivity contribution in [3.63, 3.8) is 0 Å². The summed E-state index contributed by atoms with van der Waals surface area (Å²) in [5.41, 5.74) is 1.82. The molecular formula is C14H16N4O3. The molecule has 7 heteroatoms. The molecule has 2 rings (SSSR count). The van der Waals surface area contributed by atoms with Gasteiger partial charge in [-0.15, -0.1) is 0 Å². The first kappa shape index (κ1) is 14.7. The van der Waals surface area contributed by atoms with Crippen LogP contribution in [0.5, 0.6) is 0 Å². The number of benzene rings is 1. The molecule has 0 bridgehead atoms. The lowest BCUT2D eigenvalue weighted by Gasteiger charge is -2.11. The number of hydrogen-bond donors (Lipinski definition) is 2. The van der Waals surface area contributed by atoms with E-state index in [2.05, 4.69) is 15.6 Å². The number of nitro benzene ring substituents is 1. The number of aryl methyl sites for hydroxylation is 1. The molecule has 0 aliphatic heterocycles. The van der Waals surface area contributed by atoms with Crippen LogP contribution in [0.4, 0.5) is 11.4 Å². The first-order chi connectivity index (χ1) is 9.99. The van der Waals surface area contributed by atoms with Gasteiger partial charge in [-0.3, -0.25) is 14.9 Å². The van der Waals surface area contributed by atoms with Crippen molar-refractivity contribution >= 4 is 28.2 Å². The number of rotatable bonds is 5. The molecule has 21 heavy (non-hydrogen) atoms. The highest BCUT2D eigenvalue weighted by Crippen LogP contribution is 2.29. The number of carbonyl (C=O) groups is 1. The third-order valence-electron chi connectivity index (χ3n) is 2.96. The summed E-state index contributed by atoms with van der Waals surface area (Å²) in [5, 5.41) is 17.6. The van der Waals surface area contributed by atoms with Crippen LogP contribution in [0.25, 0.3) is 10.9 Å². The molecule has 0 aliphatic carbocycles. The summed E-state index contributed by atoms with van der Waals surface area (Å²) in [7, 11) is 0. The molecule has 0 radical (unpaired) electrons. The summed E-state index contributed by atoms with van der Waals surface area (Å²) in [6.07, 6.45) is 0. The van der Waals surface area contributed by atoms with E-state index < -0.39 is 4.92 Å². The molecule has 2 N–H and O–H groups in total. The minimum absolute atomic E-state index is 0.0129. The van der Waals surface area contributed by atoms with Crippen LogP contribution in [0.1, 0.15) is 12.6 Å². The summed E-state index contributed by atoms with van der Waals surface area (Å²) >= 11 is 0. The molecule has 0 saturated heterocycles. The van der Waals surface area contributed by atoms with Gasteiger partial charge in [-0.1, -0.05) is 12.1 Å². The number of amides is 1. The molecular weight excluding hydrogens is 272 g/mol. The van der Waals surface area contributed by atoms with Gasteiger partial charge in [0.1, 0.15) is 0 Å². The number of para-hydroxylation sites is 1. The van der Waals surface area contributed by atoms with E-state index in [1.54, 1.807) is 19.1 Å². The molecule has 1 aromatic heterocycles. The van der Waals surface area contributed by atoms with Gasteiger partial charge in [0.25, 0.3) is 5.69 Å². The lowest BCUT2D eigenvalue weighted by molar-refractivity contribution is -0.383. The van der Waals surface area contributed by atoms with Crippen molar-refractivity contribution in [1.29, 1.82) is 0 Å². The molecule has 0 atom stereocenters. The number of nitro groups is 1. The van der Waals surface area contributed by atoms with Gasteiger partial charge in [0.05, 0.1) is 4.92 Å². The van der Waals surface area contributed by atoms with Crippen LogP contribution in [0.2, 0.25) is 0 Å². The SMILES string of the molecule is CC(=O)NCCNc1cc(C)nc2c([N+](=O)[O-])cccc12.